The molecule has 0 bridgehead atoms. The molecule has 6 heteroatoms. The highest BCUT2D eigenvalue weighted by molar-refractivity contribution is 6.30. The molecule has 1 amide bonds. The van der Waals surface area contributed by atoms with Crippen LogP contribution in [-0.4, -0.2) is 66.1 Å². The van der Waals surface area contributed by atoms with Crippen molar-refractivity contribution >= 4 is 34.1 Å². The van der Waals surface area contributed by atoms with Gasteiger partial charge in [-0.15, -0.1) is 0 Å². The van der Waals surface area contributed by atoms with Crippen LogP contribution in [0.1, 0.15) is 16.9 Å². The summed E-state index contributed by atoms with van der Waals surface area (Å²) < 4.78 is 2.17. The fraction of sp³-hybridized carbons (Fsp3) is 0.375. The summed E-state index contributed by atoms with van der Waals surface area (Å²) in [4.78, 5) is 19.9. The predicted octanol–water partition coefficient (Wildman–Crippen LogP) is 3.96. The first-order valence-corrected chi connectivity index (χ1v) is 11.2. The van der Waals surface area contributed by atoms with Crippen LogP contribution in [0.3, 0.4) is 0 Å². The first kappa shape index (κ1) is 19.5. The van der Waals surface area contributed by atoms with Gasteiger partial charge in [-0.25, -0.2) is 0 Å². The Bertz CT molecular complexity index is 1050. The lowest BCUT2D eigenvalue weighted by Crippen LogP contribution is -2.47. The third-order valence-corrected chi connectivity index (χ3v) is 6.59. The average Bonchev–Trinajstić information content (AvgIpc) is 3.15. The third-order valence-electron chi connectivity index (χ3n) is 6.36. The summed E-state index contributed by atoms with van der Waals surface area (Å²) in [5, 5.41) is 1.94. The van der Waals surface area contributed by atoms with Crippen molar-refractivity contribution in [3.8, 4) is 0 Å². The van der Waals surface area contributed by atoms with Gasteiger partial charge in [0.15, 0.2) is 0 Å². The number of amides is 1. The molecule has 0 saturated carbocycles. The van der Waals surface area contributed by atoms with E-state index in [0.29, 0.717) is 0 Å². The lowest BCUT2D eigenvalue weighted by molar-refractivity contribution is 0.0698. The topological polar surface area (TPSA) is 31.7 Å². The molecule has 2 aromatic carbocycles. The van der Waals surface area contributed by atoms with E-state index in [4.69, 9.17) is 11.6 Å². The lowest BCUT2D eigenvalue weighted by Gasteiger charge is -2.36. The van der Waals surface area contributed by atoms with Crippen molar-refractivity contribution in [3.05, 3.63) is 65.3 Å². The van der Waals surface area contributed by atoms with E-state index in [9.17, 15) is 4.79 Å². The maximum absolute atomic E-state index is 13.0. The number of para-hydroxylation sites is 1. The van der Waals surface area contributed by atoms with Crippen LogP contribution in [0, 0.1) is 0 Å². The second-order valence-corrected chi connectivity index (χ2v) is 8.63. The average molecular weight is 423 g/mol. The third kappa shape index (κ3) is 3.80. The Morgan fingerprint density at radius 2 is 1.67 bits per heavy atom. The molecule has 3 aromatic rings. The van der Waals surface area contributed by atoms with Crippen molar-refractivity contribution in [2.24, 2.45) is 0 Å². The predicted molar refractivity (Wildman–Crippen MR) is 123 cm³/mol. The minimum atomic E-state index is 0.170. The van der Waals surface area contributed by atoms with E-state index in [2.05, 4.69) is 32.6 Å². The maximum Gasteiger partial charge on any atom is 0.270 e. The highest BCUT2D eigenvalue weighted by Crippen LogP contribution is 2.24. The highest BCUT2D eigenvalue weighted by atomic mass is 35.5. The number of halogens is 1. The number of hydrogen-bond donors (Lipinski definition) is 0. The lowest BCUT2D eigenvalue weighted by atomic mass is 10.2. The van der Waals surface area contributed by atoms with Gasteiger partial charge in [-0.1, -0.05) is 35.9 Å². The number of carbonyl (C=O) groups is 1. The van der Waals surface area contributed by atoms with Gasteiger partial charge in [0.05, 0.1) is 0 Å². The molecule has 0 unspecified atom stereocenters. The quantitative estimate of drug-likeness (QED) is 0.623. The minimum absolute atomic E-state index is 0.170. The van der Waals surface area contributed by atoms with Crippen LogP contribution in [0.25, 0.3) is 10.9 Å². The second kappa shape index (κ2) is 8.32. The van der Waals surface area contributed by atoms with Crippen LogP contribution in [0.4, 0.5) is 5.69 Å². The van der Waals surface area contributed by atoms with Crippen molar-refractivity contribution in [3.63, 3.8) is 0 Å². The molecule has 0 spiro atoms. The number of benzene rings is 2. The Kier molecular flexibility index (Phi) is 5.40. The van der Waals surface area contributed by atoms with Gasteiger partial charge >= 0.3 is 0 Å². The van der Waals surface area contributed by atoms with Crippen molar-refractivity contribution in [2.45, 2.75) is 13.0 Å². The second-order valence-electron chi connectivity index (χ2n) is 8.19. The molecule has 0 radical (unpaired) electrons. The smallest absolute Gasteiger partial charge is 0.270 e. The summed E-state index contributed by atoms with van der Waals surface area (Å²) in [5.41, 5.74) is 3.20. The Labute approximate surface area is 182 Å². The first-order chi connectivity index (χ1) is 14.7. The number of fused-ring (bicyclic) bond motifs is 3. The molecule has 3 heterocycles. The van der Waals surface area contributed by atoms with E-state index in [1.165, 1.54) is 5.69 Å². The normalized spacial score (nSPS) is 17.6. The number of rotatable bonds is 5. The van der Waals surface area contributed by atoms with Crippen LogP contribution in [0.5, 0.6) is 0 Å². The Morgan fingerprint density at radius 1 is 0.833 bits per heavy atom. The molecule has 1 fully saturated rings. The number of aromatic nitrogens is 1. The van der Waals surface area contributed by atoms with Gasteiger partial charge in [0.2, 0.25) is 0 Å². The summed E-state index contributed by atoms with van der Waals surface area (Å²) in [6.45, 7) is 7.68. The van der Waals surface area contributed by atoms with Gasteiger partial charge in [-0.2, -0.15) is 0 Å². The van der Waals surface area contributed by atoms with Crippen molar-refractivity contribution < 1.29 is 4.79 Å². The molecular formula is C24H27ClN4O. The molecule has 30 heavy (non-hydrogen) atoms. The minimum Gasteiger partial charge on any atom is -0.369 e. The fourth-order valence-corrected chi connectivity index (χ4v) is 4.90. The molecular weight excluding hydrogens is 396 g/mol. The Morgan fingerprint density at radius 3 is 2.50 bits per heavy atom. The Balaban J connectivity index is 1.12. The van der Waals surface area contributed by atoms with Crippen molar-refractivity contribution in [1.82, 2.24) is 14.4 Å². The van der Waals surface area contributed by atoms with E-state index in [1.807, 2.05) is 41.3 Å². The van der Waals surface area contributed by atoms with Gasteiger partial charge in [0.1, 0.15) is 5.69 Å². The SMILES string of the molecule is O=C1c2cc3ccccc3n2CCN1CCCN1CCN(c2cccc(Cl)c2)CC1. The number of nitrogens with zero attached hydrogens (tertiary/aromatic N) is 4. The number of carbonyl (C=O) groups excluding carboxylic acids is 1. The fourth-order valence-electron chi connectivity index (χ4n) is 4.71. The van der Waals surface area contributed by atoms with E-state index >= 15 is 0 Å². The summed E-state index contributed by atoms with van der Waals surface area (Å²) in [6.07, 6.45) is 1.02. The van der Waals surface area contributed by atoms with Crippen molar-refractivity contribution in [1.29, 1.82) is 0 Å². The first-order valence-electron chi connectivity index (χ1n) is 10.8. The van der Waals surface area contributed by atoms with Gasteiger partial charge in [0.25, 0.3) is 5.91 Å². The highest BCUT2D eigenvalue weighted by Gasteiger charge is 2.26. The molecule has 2 aliphatic heterocycles. The standard InChI is InChI=1S/C24H27ClN4O/c25-20-6-3-7-21(18-20)27-13-11-26(12-14-27)9-4-10-28-15-16-29-22-8-2-1-5-19(22)17-23(29)24(28)30/h1-3,5-8,17-18H,4,9-16H2. The van der Waals surface area contributed by atoms with Crippen LogP contribution >= 0.6 is 11.6 Å². The number of hydrogen-bond acceptors (Lipinski definition) is 3. The largest absolute Gasteiger partial charge is 0.369 e. The molecule has 2 aliphatic rings. The maximum atomic E-state index is 13.0. The monoisotopic (exact) mass is 422 g/mol. The molecule has 5 nitrogen and oxygen atoms in total. The summed E-state index contributed by atoms with van der Waals surface area (Å²) in [7, 11) is 0. The van der Waals surface area contributed by atoms with Gasteiger partial charge in [-0.3, -0.25) is 9.69 Å². The molecule has 0 atom stereocenters. The molecule has 1 aromatic heterocycles. The van der Waals surface area contributed by atoms with Crippen LogP contribution in [0.2, 0.25) is 5.02 Å². The molecule has 0 aliphatic carbocycles. The number of anilines is 1. The Hall–Kier alpha value is -2.50. The van der Waals surface area contributed by atoms with Crippen LogP contribution < -0.4 is 4.90 Å². The zero-order chi connectivity index (χ0) is 20.5. The summed E-state index contributed by atoms with van der Waals surface area (Å²) in [6, 6.07) is 18.4. The van der Waals surface area contributed by atoms with Crippen molar-refractivity contribution in [2.75, 3.05) is 50.7 Å². The molecule has 156 valence electrons. The van der Waals surface area contributed by atoms with E-state index in [1.54, 1.807) is 0 Å². The molecule has 0 N–H and O–H groups in total. The summed E-state index contributed by atoms with van der Waals surface area (Å²) in [5.74, 6) is 0.170. The summed E-state index contributed by atoms with van der Waals surface area (Å²) >= 11 is 6.13. The zero-order valence-electron chi connectivity index (χ0n) is 17.1. The molecule has 5 rings (SSSR count). The number of piperazine rings is 1. The van der Waals surface area contributed by atoms with Gasteiger partial charge in [0, 0.05) is 67.4 Å². The van der Waals surface area contributed by atoms with Crippen LogP contribution in [-0.2, 0) is 6.54 Å². The van der Waals surface area contributed by atoms with Crippen LogP contribution in [0.15, 0.2) is 54.6 Å². The van der Waals surface area contributed by atoms with E-state index < -0.39 is 0 Å². The van der Waals surface area contributed by atoms with Gasteiger partial charge < -0.3 is 14.4 Å². The van der Waals surface area contributed by atoms with E-state index in [0.717, 1.165) is 80.4 Å². The zero-order valence-corrected chi connectivity index (χ0v) is 17.9. The molecule has 1 saturated heterocycles. The van der Waals surface area contributed by atoms with Gasteiger partial charge in [-0.05, 0) is 43.3 Å². The van der Waals surface area contributed by atoms with E-state index in [-0.39, 0.29) is 5.91 Å².